The second kappa shape index (κ2) is 4.64. The molecular weight excluding hydrogens is 266 g/mol. The number of halogens is 1. The predicted molar refractivity (Wildman–Crippen MR) is 66.5 cm³/mol. The number of thiophene rings is 1. The smallest absolute Gasteiger partial charge is 0.207 e. The zero-order valence-corrected chi connectivity index (χ0v) is 11.3. The summed E-state index contributed by atoms with van der Waals surface area (Å²) in [6, 6.07) is 3.24. The summed E-state index contributed by atoms with van der Waals surface area (Å²) in [5.74, 6) is 0.611. The molecule has 0 bridgehead atoms. The van der Waals surface area contributed by atoms with E-state index < -0.39 is 10.0 Å². The third-order valence-electron chi connectivity index (χ3n) is 2.83. The maximum atomic E-state index is 11.9. The highest BCUT2D eigenvalue weighted by atomic mass is 35.5. The molecule has 1 saturated carbocycles. The van der Waals surface area contributed by atoms with Gasteiger partial charge in [-0.05, 0) is 37.3 Å². The van der Waals surface area contributed by atoms with Gasteiger partial charge in [-0.3, -0.25) is 0 Å². The summed E-state index contributed by atoms with van der Waals surface area (Å²) >= 11 is 6.83. The van der Waals surface area contributed by atoms with Gasteiger partial charge in [-0.1, -0.05) is 18.5 Å². The molecule has 0 saturated heterocycles. The van der Waals surface area contributed by atoms with Gasteiger partial charge in [0.25, 0.3) is 0 Å². The van der Waals surface area contributed by atoms with Crippen molar-refractivity contribution in [1.82, 2.24) is 4.72 Å². The molecule has 90 valence electrons. The summed E-state index contributed by atoms with van der Waals surface area (Å²) in [6.45, 7) is 2.15. The molecule has 1 aliphatic rings. The second-order valence-corrected chi connectivity index (χ2v) is 7.95. The van der Waals surface area contributed by atoms with Gasteiger partial charge < -0.3 is 0 Å². The maximum absolute atomic E-state index is 11.9. The molecule has 6 heteroatoms. The molecule has 1 aromatic rings. The van der Waals surface area contributed by atoms with Crippen molar-refractivity contribution in [3.63, 3.8) is 0 Å². The molecule has 1 fully saturated rings. The van der Waals surface area contributed by atoms with E-state index in [2.05, 4.69) is 11.6 Å². The maximum Gasteiger partial charge on any atom is 0.250 e. The van der Waals surface area contributed by atoms with E-state index in [9.17, 15) is 8.42 Å². The largest absolute Gasteiger partial charge is 0.250 e. The van der Waals surface area contributed by atoms with Crippen molar-refractivity contribution >= 4 is 33.0 Å². The van der Waals surface area contributed by atoms with Crippen LogP contribution in [0.1, 0.15) is 26.2 Å². The van der Waals surface area contributed by atoms with Crippen molar-refractivity contribution in [3.05, 3.63) is 16.5 Å². The normalized spacial score (nSPS) is 26.1. The number of nitrogens with one attached hydrogen (secondary N) is 1. The fourth-order valence-corrected chi connectivity index (χ4v) is 4.82. The van der Waals surface area contributed by atoms with Gasteiger partial charge in [0.2, 0.25) is 10.0 Å². The summed E-state index contributed by atoms with van der Waals surface area (Å²) in [6.07, 6.45) is 2.95. The Hall–Kier alpha value is -0.100. The van der Waals surface area contributed by atoms with Crippen molar-refractivity contribution in [1.29, 1.82) is 0 Å². The van der Waals surface area contributed by atoms with Crippen LogP contribution in [0.5, 0.6) is 0 Å². The fraction of sp³-hybridized carbons (Fsp3) is 0.600. The summed E-state index contributed by atoms with van der Waals surface area (Å²) in [5, 5.41) is 0. The van der Waals surface area contributed by atoms with Crippen LogP contribution in [0.4, 0.5) is 0 Å². The number of rotatable bonds is 3. The zero-order valence-electron chi connectivity index (χ0n) is 8.94. The molecule has 0 aromatic carbocycles. The minimum atomic E-state index is -3.36. The van der Waals surface area contributed by atoms with Crippen LogP contribution >= 0.6 is 22.9 Å². The molecule has 3 nitrogen and oxygen atoms in total. The SMILES string of the molecule is CC1CCC(NS(=O)(=O)c2ccc(Cl)s2)C1. The highest BCUT2D eigenvalue weighted by Crippen LogP contribution is 2.29. The van der Waals surface area contributed by atoms with E-state index in [1.807, 2.05) is 0 Å². The first kappa shape index (κ1) is 12.4. The van der Waals surface area contributed by atoms with Crippen LogP contribution in [-0.4, -0.2) is 14.5 Å². The van der Waals surface area contributed by atoms with Crippen LogP contribution in [0.25, 0.3) is 0 Å². The minimum absolute atomic E-state index is 0.0841. The Balaban J connectivity index is 2.09. The average molecular weight is 280 g/mol. The van der Waals surface area contributed by atoms with Crippen LogP contribution in [0.3, 0.4) is 0 Å². The quantitative estimate of drug-likeness (QED) is 0.925. The lowest BCUT2D eigenvalue weighted by atomic mass is 10.1. The molecule has 0 radical (unpaired) electrons. The van der Waals surface area contributed by atoms with E-state index in [1.54, 1.807) is 12.1 Å². The third-order valence-corrected chi connectivity index (χ3v) is 6.07. The molecule has 1 aliphatic carbocycles. The molecule has 2 rings (SSSR count). The van der Waals surface area contributed by atoms with Crippen LogP contribution in [0.2, 0.25) is 4.34 Å². The third kappa shape index (κ3) is 2.77. The highest BCUT2D eigenvalue weighted by molar-refractivity contribution is 7.91. The average Bonchev–Trinajstić information content (AvgIpc) is 2.75. The van der Waals surface area contributed by atoms with E-state index in [0.717, 1.165) is 30.6 Å². The first-order chi connectivity index (χ1) is 7.47. The molecule has 0 amide bonds. The Kier molecular flexibility index (Phi) is 3.59. The van der Waals surface area contributed by atoms with E-state index in [4.69, 9.17) is 11.6 Å². The molecule has 0 aliphatic heterocycles. The van der Waals surface area contributed by atoms with Crippen molar-refractivity contribution < 1.29 is 8.42 Å². The Morgan fingerprint density at radius 1 is 1.44 bits per heavy atom. The number of hydrogen-bond donors (Lipinski definition) is 1. The second-order valence-electron chi connectivity index (χ2n) is 4.29. The van der Waals surface area contributed by atoms with Crippen LogP contribution in [0, 0.1) is 5.92 Å². The molecule has 2 atom stereocenters. The van der Waals surface area contributed by atoms with Crippen molar-refractivity contribution in [3.8, 4) is 0 Å². The first-order valence-electron chi connectivity index (χ1n) is 5.25. The lowest BCUT2D eigenvalue weighted by molar-refractivity contribution is 0.540. The van der Waals surface area contributed by atoms with Gasteiger partial charge in [0, 0.05) is 6.04 Å². The Morgan fingerprint density at radius 2 is 2.19 bits per heavy atom. The predicted octanol–water partition coefficient (Wildman–Crippen LogP) is 2.87. The number of sulfonamides is 1. The molecule has 16 heavy (non-hydrogen) atoms. The Labute approximate surface area is 105 Å². The lowest BCUT2D eigenvalue weighted by Crippen LogP contribution is -2.32. The lowest BCUT2D eigenvalue weighted by Gasteiger charge is -2.11. The fourth-order valence-electron chi connectivity index (χ4n) is 2.03. The molecule has 0 spiro atoms. The van der Waals surface area contributed by atoms with Gasteiger partial charge in [-0.25, -0.2) is 13.1 Å². The van der Waals surface area contributed by atoms with Crippen LogP contribution in [0.15, 0.2) is 16.3 Å². The Morgan fingerprint density at radius 3 is 2.69 bits per heavy atom. The van der Waals surface area contributed by atoms with Gasteiger partial charge in [-0.2, -0.15) is 0 Å². The van der Waals surface area contributed by atoms with Gasteiger partial charge in [0.05, 0.1) is 4.34 Å². The molecule has 2 unspecified atom stereocenters. The van der Waals surface area contributed by atoms with Gasteiger partial charge in [-0.15, -0.1) is 11.3 Å². The highest BCUT2D eigenvalue weighted by Gasteiger charge is 2.27. The molecule has 1 aromatic heterocycles. The van der Waals surface area contributed by atoms with E-state index in [1.165, 1.54) is 0 Å². The number of hydrogen-bond acceptors (Lipinski definition) is 3. The first-order valence-corrected chi connectivity index (χ1v) is 7.93. The molecule has 1 heterocycles. The summed E-state index contributed by atoms with van der Waals surface area (Å²) in [5.41, 5.74) is 0. The van der Waals surface area contributed by atoms with E-state index >= 15 is 0 Å². The molecular formula is C10H14ClNO2S2. The van der Waals surface area contributed by atoms with Gasteiger partial charge in [0.1, 0.15) is 4.21 Å². The molecule has 1 N–H and O–H groups in total. The van der Waals surface area contributed by atoms with Crippen molar-refractivity contribution in [2.24, 2.45) is 5.92 Å². The standard InChI is InChI=1S/C10H14ClNO2S2/c1-7-2-3-8(6-7)12-16(13,14)10-5-4-9(11)15-10/h4-5,7-8,12H,2-3,6H2,1H3. The Bertz CT molecular complexity index is 469. The summed E-state index contributed by atoms with van der Waals surface area (Å²) in [7, 11) is -3.36. The van der Waals surface area contributed by atoms with E-state index in [0.29, 0.717) is 14.5 Å². The van der Waals surface area contributed by atoms with E-state index in [-0.39, 0.29) is 6.04 Å². The van der Waals surface area contributed by atoms with Crippen LogP contribution < -0.4 is 4.72 Å². The van der Waals surface area contributed by atoms with Gasteiger partial charge in [0.15, 0.2) is 0 Å². The monoisotopic (exact) mass is 279 g/mol. The van der Waals surface area contributed by atoms with Crippen molar-refractivity contribution in [2.45, 2.75) is 36.4 Å². The summed E-state index contributed by atoms with van der Waals surface area (Å²) in [4.78, 5) is 0. The van der Waals surface area contributed by atoms with Crippen LogP contribution in [-0.2, 0) is 10.0 Å². The topological polar surface area (TPSA) is 46.2 Å². The summed E-state index contributed by atoms with van der Waals surface area (Å²) < 4.78 is 27.4. The van der Waals surface area contributed by atoms with Gasteiger partial charge >= 0.3 is 0 Å². The zero-order chi connectivity index (χ0) is 11.8. The minimum Gasteiger partial charge on any atom is -0.207 e. The van der Waals surface area contributed by atoms with Crippen molar-refractivity contribution in [2.75, 3.05) is 0 Å².